The molecule has 1 fully saturated rings. The van der Waals surface area contributed by atoms with Gasteiger partial charge < -0.3 is 10.2 Å². The van der Waals surface area contributed by atoms with Gasteiger partial charge in [0.25, 0.3) is 5.91 Å². The first-order chi connectivity index (χ1) is 13.1. The summed E-state index contributed by atoms with van der Waals surface area (Å²) in [5.41, 5.74) is 2.39. The summed E-state index contributed by atoms with van der Waals surface area (Å²) in [4.78, 5) is 29.1. The molecule has 27 heavy (non-hydrogen) atoms. The molecule has 1 atom stereocenters. The van der Waals surface area contributed by atoms with E-state index in [0.29, 0.717) is 18.1 Å². The van der Waals surface area contributed by atoms with Gasteiger partial charge in [0.15, 0.2) is 0 Å². The SMILES string of the molecule is Cc1nc(C)c(-c2ccnc(N3CCC(NC(=O)c4ccnnc4)C3)n2)s1. The molecular weight excluding hydrogens is 362 g/mol. The first kappa shape index (κ1) is 17.5. The van der Waals surface area contributed by atoms with Crippen molar-refractivity contribution in [3.8, 4) is 10.6 Å². The van der Waals surface area contributed by atoms with Gasteiger partial charge in [0.2, 0.25) is 5.95 Å². The minimum absolute atomic E-state index is 0.0466. The molecule has 1 aliphatic rings. The second-order valence-corrected chi connectivity index (χ2v) is 7.63. The van der Waals surface area contributed by atoms with Crippen molar-refractivity contribution in [1.82, 2.24) is 30.5 Å². The fraction of sp³-hybridized carbons (Fsp3) is 0.333. The van der Waals surface area contributed by atoms with Crippen LogP contribution in [0.15, 0.2) is 30.7 Å². The number of nitrogens with zero attached hydrogens (tertiary/aromatic N) is 6. The third-order valence-electron chi connectivity index (χ3n) is 4.43. The Kier molecular flexibility index (Phi) is 4.76. The topological polar surface area (TPSA) is 96.8 Å². The number of aryl methyl sites for hydroxylation is 2. The largest absolute Gasteiger partial charge is 0.347 e. The highest BCUT2D eigenvalue weighted by molar-refractivity contribution is 7.15. The highest BCUT2D eigenvalue weighted by Gasteiger charge is 2.26. The van der Waals surface area contributed by atoms with Crippen LogP contribution >= 0.6 is 11.3 Å². The zero-order valence-electron chi connectivity index (χ0n) is 15.1. The maximum absolute atomic E-state index is 12.3. The Morgan fingerprint density at radius 3 is 2.85 bits per heavy atom. The van der Waals surface area contributed by atoms with E-state index in [2.05, 4.69) is 30.4 Å². The van der Waals surface area contributed by atoms with E-state index in [9.17, 15) is 4.79 Å². The van der Waals surface area contributed by atoms with Crippen molar-refractivity contribution >= 4 is 23.2 Å². The summed E-state index contributed by atoms with van der Waals surface area (Å²) in [6.45, 7) is 5.46. The first-order valence-electron chi connectivity index (χ1n) is 8.70. The summed E-state index contributed by atoms with van der Waals surface area (Å²) in [5.74, 6) is 0.544. The Morgan fingerprint density at radius 2 is 2.11 bits per heavy atom. The van der Waals surface area contributed by atoms with E-state index in [0.717, 1.165) is 34.2 Å². The third-order valence-corrected chi connectivity index (χ3v) is 5.53. The molecule has 3 aromatic rings. The molecule has 3 aromatic heterocycles. The van der Waals surface area contributed by atoms with E-state index < -0.39 is 0 Å². The predicted molar refractivity (Wildman–Crippen MR) is 103 cm³/mol. The molecule has 8 nitrogen and oxygen atoms in total. The minimum atomic E-state index is -0.137. The number of aromatic nitrogens is 5. The number of carbonyl (C=O) groups excluding carboxylic acids is 1. The lowest BCUT2D eigenvalue weighted by molar-refractivity contribution is 0.0940. The molecule has 1 unspecified atom stereocenters. The third kappa shape index (κ3) is 3.77. The molecule has 1 N–H and O–H groups in total. The van der Waals surface area contributed by atoms with Crippen molar-refractivity contribution in [2.75, 3.05) is 18.0 Å². The van der Waals surface area contributed by atoms with Crippen LogP contribution in [0.2, 0.25) is 0 Å². The lowest BCUT2D eigenvalue weighted by Gasteiger charge is -2.17. The molecule has 1 amide bonds. The van der Waals surface area contributed by atoms with Crippen molar-refractivity contribution in [3.05, 3.63) is 47.0 Å². The molecule has 0 bridgehead atoms. The Bertz CT molecular complexity index is 959. The van der Waals surface area contributed by atoms with Crippen molar-refractivity contribution < 1.29 is 4.79 Å². The van der Waals surface area contributed by atoms with Crippen LogP contribution in [0.4, 0.5) is 5.95 Å². The smallest absolute Gasteiger partial charge is 0.253 e. The molecule has 138 valence electrons. The molecule has 1 saturated heterocycles. The maximum Gasteiger partial charge on any atom is 0.253 e. The zero-order valence-corrected chi connectivity index (χ0v) is 15.9. The summed E-state index contributed by atoms with van der Waals surface area (Å²) in [6.07, 6.45) is 5.60. The minimum Gasteiger partial charge on any atom is -0.347 e. The first-order valence-corrected chi connectivity index (χ1v) is 9.52. The summed E-state index contributed by atoms with van der Waals surface area (Å²) in [5, 5.41) is 11.5. The van der Waals surface area contributed by atoms with Gasteiger partial charge in [-0.1, -0.05) is 0 Å². The predicted octanol–water partition coefficient (Wildman–Crippen LogP) is 2.02. The van der Waals surface area contributed by atoms with Gasteiger partial charge in [-0.25, -0.2) is 15.0 Å². The number of nitrogens with one attached hydrogen (secondary N) is 1. The fourth-order valence-electron chi connectivity index (χ4n) is 3.15. The summed E-state index contributed by atoms with van der Waals surface area (Å²) in [6, 6.07) is 3.61. The van der Waals surface area contributed by atoms with Crippen LogP contribution in [0.3, 0.4) is 0 Å². The Hall–Kier alpha value is -2.94. The molecule has 4 heterocycles. The van der Waals surface area contributed by atoms with Crippen LogP contribution < -0.4 is 10.2 Å². The lowest BCUT2D eigenvalue weighted by Crippen LogP contribution is -2.37. The van der Waals surface area contributed by atoms with Gasteiger partial charge in [-0.15, -0.1) is 11.3 Å². The zero-order chi connectivity index (χ0) is 18.8. The molecular formula is C18H19N7OS. The van der Waals surface area contributed by atoms with Gasteiger partial charge in [-0.05, 0) is 32.4 Å². The fourth-order valence-corrected chi connectivity index (χ4v) is 4.04. The van der Waals surface area contributed by atoms with Crippen LogP contribution in [-0.4, -0.2) is 50.2 Å². The lowest BCUT2D eigenvalue weighted by atomic mass is 10.2. The van der Waals surface area contributed by atoms with E-state index in [1.165, 1.54) is 12.4 Å². The van der Waals surface area contributed by atoms with Gasteiger partial charge in [0.1, 0.15) is 0 Å². The Balaban J connectivity index is 1.45. The molecule has 9 heteroatoms. The molecule has 1 aliphatic heterocycles. The van der Waals surface area contributed by atoms with Gasteiger partial charge in [0.05, 0.1) is 39.2 Å². The number of anilines is 1. The normalized spacial score (nSPS) is 16.5. The van der Waals surface area contributed by atoms with Gasteiger partial charge >= 0.3 is 0 Å². The number of hydrogen-bond donors (Lipinski definition) is 1. The highest BCUT2D eigenvalue weighted by Crippen LogP contribution is 2.29. The van der Waals surface area contributed by atoms with E-state index in [-0.39, 0.29) is 11.9 Å². The summed E-state index contributed by atoms with van der Waals surface area (Å²) < 4.78 is 0. The molecule has 0 spiro atoms. The number of hydrogen-bond acceptors (Lipinski definition) is 8. The average Bonchev–Trinajstić information content (AvgIpc) is 3.28. The molecule has 0 aliphatic carbocycles. The molecule has 0 aromatic carbocycles. The Morgan fingerprint density at radius 1 is 1.22 bits per heavy atom. The molecule has 0 saturated carbocycles. The van der Waals surface area contributed by atoms with Gasteiger partial charge in [0, 0.05) is 25.3 Å². The second-order valence-electron chi connectivity index (χ2n) is 6.43. The molecule has 0 radical (unpaired) electrons. The second kappa shape index (κ2) is 7.36. The standard InChI is InChI=1S/C18H19N7OS/c1-11-16(27-12(2)22-11)15-4-6-19-18(24-15)25-8-5-14(10-25)23-17(26)13-3-7-20-21-9-13/h3-4,6-7,9,14H,5,8,10H2,1-2H3,(H,23,26). The van der Waals surface area contributed by atoms with Crippen LogP contribution in [0.1, 0.15) is 27.5 Å². The Labute approximate surface area is 160 Å². The van der Waals surface area contributed by atoms with Crippen molar-refractivity contribution in [2.45, 2.75) is 26.3 Å². The summed E-state index contributed by atoms with van der Waals surface area (Å²) >= 11 is 1.64. The van der Waals surface area contributed by atoms with Crippen LogP contribution in [0, 0.1) is 13.8 Å². The number of carbonyl (C=O) groups is 1. The van der Waals surface area contributed by atoms with Crippen molar-refractivity contribution in [1.29, 1.82) is 0 Å². The van der Waals surface area contributed by atoms with Crippen LogP contribution in [-0.2, 0) is 0 Å². The quantitative estimate of drug-likeness (QED) is 0.738. The number of thiazole rings is 1. The van der Waals surface area contributed by atoms with E-state index >= 15 is 0 Å². The van der Waals surface area contributed by atoms with Crippen molar-refractivity contribution in [3.63, 3.8) is 0 Å². The highest BCUT2D eigenvalue weighted by atomic mass is 32.1. The number of rotatable bonds is 4. The van der Waals surface area contributed by atoms with E-state index in [1.54, 1.807) is 23.6 Å². The summed E-state index contributed by atoms with van der Waals surface area (Å²) in [7, 11) is 0. The van der Waals surface area contributed by atoms with Crippen molar-refractivity contribution in [2.24, 2.45) is 0 Å². The van der Waals surface area contributed by atoms with Gasteiger partial charge in [-0.2, -0.15) is 10.2 Å². The number of amides is 1. The molecule has 4 rings (SSSR count). The van der Waals surface area contributed by atoms with Gasteiger partial charge in [-0.3, -0.25) is 4.79 Å². The maximum atomic E-state index is 12.3. The van der Waals surface area contributed by atoms with Crippen LogP contribution in [0.25, 0.3) is 10.6 Å². The van der Waals surface area contributed by atoms with Crippen LogP contribution in [0.5, 0.6) is 0 Å². The van der Waals surface area contributed by atoms with E-state index in [1.807, 2.05) is 19.9 Å². The van der Waals surface area contributed by atoms with E-state index in [4.69, 9.17) is 4.98 Å². The average molecular weight is 381 g/mol. The monoisotopic (exact) mass is 381 g/mol.